The number of carbonyl (C=O) groups is 1. The molecule has 0 aliphatic rings. The van der Waals surface area contributed by atoms with Crippen LogP contribution in [0.1, 0.15) is 37.5 Å². The number of hydrogen-bond donors (Lipinski definition) is 2. The number of amides is 1. The van der Waals surface area contributed by atoms with Gasteiger partial charge in [-0.15, -0.1) is 0 Å². The van der Waals surface area contributed by atoms with E-state index >= 15 is 0 Å². The van der Waals surface area contributed by atoms with Crippen LogP contribution in [0.5, 0.6) is 5.75 Å². The lowest BCUT2D eigenvalue weighted by Gasteiger charge is -2.19. The van der Waals surface area contributed by atoms with Gasteiger partial charge in [-0.1, -0.05) is 65.0 Å². The Morgan fingerprint density at radius 2 is 1.76 bits per heavy atom. The van der Waals surface area contributed by atoms with Crippen molar-refractivity contribution in [1.29, 1.82) is 0 Å². The van der Waals surface area contributed by atoms with Crippen LogP contribution in [0.3, 0.4) is 0 Å². The van der Waals surface area contributed by atoms with Gasteiger partial charge in [-0.25, -0.2) is 4.79 Å². The van der Waals surface area contributed by atoms with E-state index in [4.69, 9.17) is 9.47 Å². The van der Waals surface area contributed by atoms with Crippen molar-refractivity contribution in [2.75, 3.05) is 13.2 Å². The first-order valence-electron chi connectivity index (χ1n) is 12.3. The number of oxime groups is 1. The molecule has 38 heavy (non-hydrogen) atoms. The standard InChI is InChI=1S/C29H31N3O5S/c1-29(2,3)37-27(33)30-16-15-20-9-12-23(13-10-20)36-18-17-32-24-14-11-22(19-25(24)38-28(32)34)26(31-35)21-7-5-4-6-8-21/h4-14,19,35H,15-18H2,1-3H3,(H,30,33). The molecular formula is C29H31N3O5S. The van der Waals surface area contributed by atoms with Crippen molar-refractivity contribution >= 4 is 33.4 Å². The van der Waals surface area contributed by atoms with Gasteiger partial charge >= 0.3 is 11.0 Å². The molecule has 0 fully saturated rings. The number of nitrogens with zero attached hydrogens (tertiary/aromatic N) is 2. The summed E-state index contributed by atoms with van der Waals surface area (Å²) >= 11 is 1.15. The minimum absolute atomic E-state index is 0.0733. The number of benzene rings is 3. The molecular weight excluding hydrogens is 502 g/mol. The second kappa shape index (κ2) is 12.0. The van der Waals surface area contributed by atoms with E-state index in [9.17, 15) is 14.8 Å². The lowest BCUT2D eigenvalue weighted by atomic mass is 10.0. The monoisotopic (exact) mass is 533 g/mol. The van der Waals surface area contributed by atoms with Gasteiger partial charge in [-0.05, 0) is 57.0 Å². The topological polar surface area (TPSA) is 102 Å². The highest BCUT2D eigenvalue weighted by atomic mass is 32.1. The van der Waals surface area contributed by atoms with E-state index in [1.165, 1.54) is 0 Å². The largest absolute Gasteiger partial charge is 0.492 e. The molecule has 1 amide bonds. The quantitative estimate of drug-likeness (QED) is 0.170. The SMILES string of the molecule is CC(C)(C)OC(=O)NCCc1ccc(OCCn2c(=O)sc3cc(C(=NO)c4ccccc4)ccc32)cc1. The summed E-state index contributed by atoms with van der Waals surface area (Å²) < 4.78 is 13.6. The van der Waals surface area contributed by atoms with Gasteiger partial charge in [0.25, 0.3) is 0 Å². The molecule has 0 aliphatic heterocycles. The first-order valence-corrected chi connectivity index (χ1v) is 13.1. The van der Waals surface area contributed by atoms with Gasteiger partial charge < -0.3 is 20.0 Å². The van der Waals surface area contributed by atoms with E-state index in [-0.39, 0.29) is 4.87 Å². The fourth-order valence-corrected chi connectivity index (χ4v) is 4.89. The second-order valence-corrected chi connectivity index (χ2v) is 10.7. The zero-order valence-corrected chi connectivity index (χ0v) is 22.5. The van der Waals surface area contributed by atoms with Crippen molar-refractivity contribution in [2.45, 2.75) is 39.3 Å². The molecule has 1 aromatic heterocycles. The number of nitrogens with one attached hydrogen (secondary N) is 1. The number of hydrogen-bond acceptors (Lipinski definition) is 7. The summed E-state index contributed by atoms with van der Waals surface area (Å²) in [7, 11) is 0. The van der Waals surface area contributed by atoms with Gasteiger partial charge in [-0.3, -0.25) is 9.36 Å². The fourth-order valence-electron chi connectivity index (χ4n) is 3.93. The highest BCUT2D eigenvalue weighted by Gasteiger charge is 2.15. The summed E-state index contributed by atoms with van der Waals surface area (Å²) in [5, 5.41) is 15.8. The van der Waals surface area contributed by atoms with E-state index in [1.807, 2.05) is 93.6 Å². The van der Waals surface area contributed by atoms with Crippen LogP contribution >= 0.6 is 11.3 Å². The van der Waals surface area contributed by atoms with Gasteiger partial charge in [0.2, 0.25) is 0 Å². The van der Waals surface area contributed by atoms with Gasteiger partial charge in [0.15, 0.2) is 0 Å². The van der Waals surface area contributed by atoms with E-state index < -0.39 is 11.7 Å². The summed E-state index contributed by atoms with van der Waals surface area (Å²) in [6.45, 7) is 6.69. The normalized spacial score (nSPS) is 11.9. The Labute approximate surface area is 225 Å². The van der Waals surface area contributed by atoms with Crippen LogP contribution in [0.25, 0.3) is 10.2 Å². The Balaban J connectivity index is 1.33. The van der Waals surface area contributed by atoms with Crippen molar-refractivity contribution in [3.8, 4) is 5.75 Å². The second-order valence-electron chi connectivity index (χ2n) is 9.69. The molecule has 9 heteroatoms. The first-order chi connectivity index (χ1) is 18.2. The molecule has 0 unspecified atom stereocenters. The number of rotatable bonds is 9. The van der Waals surface area contributed by atoms with E-state index in [1.54, 1.807) is 4.57 Å². The van der Waals surface area contributed by atoms with Crippen LogP contribution in [-0.4, -0.2) is 40.3 Å². The maximum absolute atomic E-state index is 12.7. The van der Waals surface area contributed by atoms with Crippen LogP contribution < -0.4 is 14.9 Å². The summed E-state index contributed by atoms with van der Waals surface area (Å²) in [5.74, 6) is 0.704. The highest BCUT2D eigenvalue weighted by molar-refractivity contribution is 7.16. The molecule has 1 heterocycles. The maximum Gasteiger partial charge on any atom is 0.407 e. The minimum atomic E-state index is -0.521. The zero-order valence-electron chi connectivity index (χ0n) is 21.6. The number of aromatic nitrogens is 1. The van der Waals surface area contributed by atoms with Crippen LogP contribution in [-0.2, 0) is 17.7 Å². The molecule has 0 saturated carbocycles. The Kier molecular flexibility index (Phi) is 8.48. The van der Waals surface area contributed by atoms with Gasteiger partial charge in [0.1, 0.15) is 23.7 Å². The highest BCUT2D eigenvalue weighted by Crippen LogP contribution is 2.22. The predicted octanol–water partition coefficient (Wildman–Crippen LogP) is 5.44. The Hall–Kier alpha value is -4.11. The average molecular weight is 534 g/mol. The maximum atomic E-state index is 12.7. The molecule has 198 valence electrons. The molecule has 3 aromatic carbocycles. The molecule has 0 saturated heterocycles. The number of ether oxygens (including phenoxy) is 2. The number of fused-ring (bicyclic) bond motifs is 1. The Bertz CT molecular complexity index is 1470. The summed E-state index contributed by atoms with van der Waals surface area (Å²) in [4.78, 5) is 24.4. The van der Waals surface area contributed by atoms with Gasteiger partial charge in [0, 0.05) is 17.7 Å². The Morgan fingerprint density at radius 1 is 1.03 bits per heavy atom. The molecule has 0 bridgehead atoms. The third kappa shape index (κ3) is 7.01. The fraction of sp³-hybridized carbons (Fsp3) is 0.276. The van der Waals surface area contributed by atoms with E-state index in [2.05, 4.69) is 10.5 Å². The van der Waals surface area contributed by atoms with Crippen LogP contribution in [0.2, 0.25) is 0 Å². The van der Waals surface area contributed by atoms with Crippen LogP contribution in [0.4, 0.5) is 4.79 Å². The zero-order chi connectivity index (χ0) is 27.1. The molecule has 0 aliphatic carbocycles. The van der Waals surface area contributed by atoms with E-state index in [0.717, 1.165) is 38.2 Å². The number of alkyl carbamates (subject to hydrolysis) is 1. The van der Waals surface area contributed by atoms with Crippen LogP contribution in [0.15, 0.2) is 82.7 Å². The summed E-state index contributed by atoms with van der Waals surface area (Å²) in [5.41, 5.74) is 3.33. The van der Waals surface area contributed by atoms with Crippen molar-refractivity contribution in [3.05, 3.63) is 99.2 Å². The Morgan fingerprint density at radius 3 is 2.45 bits per heavy atom. The minimum Gasteiger partial charge on any atom is -0.492 e. The third-order valence-electron chi connectivity index (χ3n) is 5.68. The first kappa shape index (κ1) is 26.9. The molecule has 8 nitrogen and oxygen atoms in total. The summed E-state index contributed by atoms with van der Waals surface area (Å²) in [6, 6.07) is 22.7. The third-order valence-corrected chi connectivity index (χ3v) is 6.62. The molecule has 2 N–H and O–H groups in total. The lowest BCUT2D eigenvalue weighted by Crippen LogP contribution is -2.33. The molecule has 0 spiro atoms. The van der Waals surface area contributed by atoms with E-state index in [0.29, 0.717) is 37.6 Å². The van der Waals surface area contributed by atoms with Gasteiger partial charge in [0.05, 0.1) is 16.8 Å². The lowest BCUT2D eigenvalue weighted by molar-refractivity contribution is 0.0528. The number of carbonyl (C=O) groups excluding carboxylic acids is 1. The van der Waals surface area contributed by atoms with Crippen LogP contribution in [0, 0.1) is 0 Å². The smallest absolute Gasteiger partial charge is 0.407 e. The van der Waals surface area contributed by atoms with Crippen molar-refractivity contribution < 1.29 is 19.5 Å². The van der Waals surface area contributed by atoms with Gasteiger partial charge in [-0.2, -0.15) is 0 Å². The summed E-state index contributed by atoms with van der Waals surface area (Å²) in [6.07, 6.45) is 0.244. The average Bonchev–Trinajstić information content (AvgIpc) is 3.19. The molecule has 4 aromatic rings. The molecule has 0 atom stereocenters. The molecule has 4 rings (SSSR count). The predicted molar refractivity (Wildman–Crippen MR) is 150 cm³/mol. The number of thiazole rings is 1. The van der Waals surface area contributed by atoms with Crippen molar-refractivity contribution in [1.82, 2.24) is 9.88 Å². The molecule has 0 radical (unpaired) electrons. The van der Waals surface area contributed by atoms with Crippen molar-refractivity contribution in [3.63, 3.8) is 0 Å². The van der Waals surface area contributed by atoms with Crippen molar-refractivity contribution in [2.24, 2.45) is 5.16 Å².